The monoisotopic (exact) mass is 468 g/mol. The maximum atomic E-state index is 13.7. The van der Waals surface area contributed by atoms with E-state index in [1.165, 1.54) is 4.68 Å². The van der Waals surface area contributed by atoms with Crippen molar-refractivity contribution in [2.75, 3.05) is 18.0 Å². The summed E-state index contributed by atoms with van der Waals surface area (Å²) in [4.78, 5) is 11.3. The van der Waals surface area contributed by atoms with Gasteiger partial charge in [0.15, 0.2) is 5.82 Å². The highest BCUT2D eigenvalue weighted by molar-refractivity contribution is 5.88. The van der Waals surface area contributed by atoms with Crippen molar-refractivity contribution in [3.05, 3.63) is 48.3 Å². The first kappa shape index (κ1) is 22.6. The van der Waals surface area contributed by atoms with E-state index < -0.39 is 11.7 Å². The number of nitrogens with one attached hydrogen (secondary N) is 1. The zero-order chi connectivity index (χ0) is 24.3. The van der Waals surface area contributed by atoms with Gasteiger partial charge in [-0.15, -0.1) is 0 Å². The SMILES string of the molecule is Cn1cc2cc(-c3ncc4cc(N5CCC(NC(C)(C)C)C5)ccc4n3)cc(C(F)(F)F)c2n1. The molecule has 0 radical (unpaired) electrons. The molecule has 5 rings (SSSR count). The Morgan fingerprint density at radius 2 is 1.85 bits per heavy atom. The van der Waals surface area contributed by atoms with Crippen LogP contribution >= 0.6 is 0 Å². The van der Waals surface area contributed by atoms with Gasteiger partial charge in [-0.2, -0.15) is 18.3 Å². The van der Waals surface area contributed by atoms with Crippen LogP contribution in [-0.4, -0.2) is 44.4 Å². The van der Waals surface area contributed by atoms with E-state index in [9.17, 15) is 13.2 Å². The molecule has 1 atom stereocenters. The highest BCUT2D eigenvalue weighted by atomic mass is 19.4. The lowest BCUT2D eigenvalue weighted by Gasteiger charge is -2.26. The molecule has 2 aromatic carbocycles. The Morgan fingerprint density at radius 3 is 2.59 bits per heavy atom. The van der Waals surface area contributed by atoms with E-state index in [-0.39, 0.29) is 16.9 Å². The fraction of sp³-hybridized carbons (Fsp3) is 0.400. The number of fused-ring (bicyclic) bond motifs is 2. The van der Waals surface area contributed by atoms with Crippen LogP contribution in [-0.2, 0) is 13.2 Å². The van der Waals surface area contributed by atoms with Gasteiger partial charge in [0.2, 0.25) is 0 Å². The molecule has 1 aliphatic heterocycles. The smallest absolute Gasteiger partial charge is 0.370 e. The van der Waals surface area contributed by atoms with Crippen molar-refractivity contribution < 1.29 is 13.2 Å². The molecule has 1 aliphatic rings. The number of aromatic nitrogens is 4. The first-order valence-corrected chi connectivity index (χ1v) is 11.3. The minimum Gasteiger partial charge on any atom is -0.370 e. The van der Waals surface area contributed by atoms with Crippen LogP contribution in [0.4, 0.5) is 18.9 Å². The van der Waals surface area contributed by atoms with Gasteiger partial charge < -0.3 is 10.2 Å². The average molecular weight is 469 g/mol. The Morgan fingerprint density at radius 1 is 1.06 bits per heavy atom. The molecular formula is C25H27F3N6. The van der Waals surface area contributed by atoms with Crippen LogP contribution in [0.3, 0.4) is 0 Å². The van der Waals surface area contributed by atoms with Crippen LogP contribution < -0.4 is 10.2 Å². The van der Waals surface area contributed by atoms with Crippen molar-refractivity contribution in [3.63, 3.8) is 0 Å². The summed E-state index contributed by atoms with van der Waals surface area (Å²) in [5.74, 6) is 0.257. The predicted octanol–water partition coefficient (Wildman–Crippen LogP) is 5.17. The summed E-state index contributed by atoms with van der Waals surface area (Å²) >= 11 is 0. The minimum absolute atomic E-state index is 0.0686. The lowest BCUT2D eigenvalue weighted by atomic mass is 10.1. The molecule has 2 aromatic heterocycles. The number of halogens is 3. The second-order valence-corrected chi connectivity index (χ2v) is 10.0. The lowest BCUT2D eigenvalue weighted by Crippen LogP contribution is -2.44. The summed E-state index contributed by atoms with van der Waals surface area (Å²) in [6, 6.07) is 9.14. The molecule has 4 aromatic rings. The molecule has 178 valence electrons. The minimum atomic E-state index is -4.52. The summed E-state index contributed by atoms with van der Waals surface area (Å²) in [6.07, 6.45) is -0.199. The van der Waals surface area contributed by atoms with Gasteiger partial charge in [-0.1, -0.05) is 0 Å². The third-order valence-electron chi connectivity index (χ3n) is 6.04. The molecule has 1 N–H and O–H groups in total. The largest absolute Gasteiger partial charge is 0.418 e. The summed E-state index contributed by atoms with van der Waals surface area (Å²) in [6.45, 7) is 8.40. The Kier molecular flexibility index (Phi) is 5.27. The van der Waals surface area contributed by atoms with Gasteiger partial charge in [-0.25, -0.2) is 9.97 Å². The van der Waals surface area contributed by atoms with Gasteiger partial charge in [-0.3, -0.25) is 4.68 Å². The maximum absolute atomic E-state index is 13.7. The third-order valence-corrected chi connectivity index (χ3v) is 6.04. The number of rotatable bonds is 3. The van der Waals surface area contributed by atoms with Crippen molar-refractivity contribution in [1.82, 2.24) is 25.1 Å². The summed E-state index contributed by atoms with van der Waals surface area (Å²) < 4.78 is 42.4. The van der Waals surface area contributed by atoms with Crippen molar-refractivity contribution in [3.8, 4) is 11.4 Å². The van der Waals surface area contributed by atoms with E-state index in [0.29, 0.717) is 22.5 Å². The second-order valence-electron chi connectivity index (χ2n) is 10.0. The summed E-state index contributed by atoms with van der Waals surface area (Å²) in [5.41, 5.74) is 1.31. The van der Waals surface area contributed by atoms with Gasteiger partial charge in [0, 0.05) is 66.1 Å². The van der Waals surface area contributed by atoms with Crippen LogP contribution in [0.15, 0.2) is 42.7 Å². The second kappa shape index (κ2) is 7.94. The lowest BCUT2D eigenvalue weighted by molar-refractivity contribution is -0.136. The molecule has 1 fully saturated rings. The summed E-state index contributed by atoms with van der Waals surface area (Å²) in [5, 5.41) is 8.90. The molecule has 0 bridgehead atoms. The highest BCUT2D eigenvalue weighted by Gasteiger charge is 2.34. The van der Waals surface area contributed by atoms with Crippen LogP contribution in [0.5, 0.6) is 0 Å². The van der Waals surface area contributed by atoms with E-state index in [0.717, 1.165) is 36.7 Å². The van der Waals surface area contributed by atoms with E-state index in [1.807, 2.05) is 18.2 Å². The first-order valence-electron chi connectivity index (χ1n) is 11.3. The van der Waals surface area contributed by atoms with Gasteiger partial charge >= 0.3 is 6.18 Å². The zero-order valence-electron chi connectivity index (χ0n) is 19.6. The summed E-state index contributed by atoms with van der Waals surface area (Å²) in [7, 11) is 1.60. The molecule has 3 heterocycles. The van der Waals surface area contributed by atoms with Gasteiger partial charge in [0.25, 0.3) is 0 Å². The van der Waals surface area contributed by atoms with Crippen LogP contribution in [0.2, 0.25) is 0 Å². The number of anilines is 1. The van der Waals surface area contributed by atoms with E-state index in [1.54, 1.807) is 25.5 Å². The van der Waals surface area contributed by atoms with Crippen molar-refractivity contribution >= 4 is 27.5 Å². The molecule has 0 amide bonds. The van der Waals surface area contributed by atoms with Crippen molar-refractivity contribution in [2.45, 2.75) is 44.9 Å². The maximum Gasteiger partial charge on any atom is 0.418 e. The van der Waals surface area contributed by atoms with Crippen LogP contribution in [0.1, 0.15) is 32.8 Å². The fourth-order valence-corrected chi connectivity index (χ4v) is 4.68. The quantitative estimate of drug-likeness (QED) is 0.450. The molecule has 0 aliphatic carbocycles. The Labute approximate surface area is 195 Å². The molecule has 9 heteroatoms. The molecule has 0 spiro atoms. The Hall–Kier alpha value is -3.20. The fourth-order valence-electron chi connectivity index (χ4n) is 4.68. The van der Waals surface area contributed by atoms with E-state index in [2.05, 4.69) is 46.1 Å². The number of alkyl halides is 3. The normalized spacial score (nSPS) is 17.3. The predicted molar refractivity (Wildman–Crippen MR) is 128 cm³/mol. The number of hydrogen-bond donors (Lipinski definition) is 1. The topological polar surface area (TPSA) is 58.9 Å². The third kappa shape index (κ3) is 4.44. The Balaban J connectivity index is 1.46. The average Bonchev–Trinajstić information content (AvgIpc) is 3.35. The van der Waals surface area contributed by atoms with Gasteiger partial charge in [0.1, 0.15) is 5.52 Å². The molecule has 1 unspecified atom stereocenters. The standard InChI is InChI=1S/C25H27F3N6/c1-24(2,3)31-18-7-8-34(14-18)19-5-6-21-16(10-19)12-29-23(30-21)15-9-17-13-33(4)32-22(17)20(11-15)25(26,27)28/h5-6,9-13,18,31H,7-8,14H2,1-4H3. The van der Waals surface area contributed by atoms with Gasteiger partial charge in [-0.05, 0) is 57.5 Å². The van der Waals surface area contributed by atoms with Crippen molar-refractivity contribution in [2.24, 2.45) is 7.05 Å². The number of aryl methyl sites for hydroxylation is 1. The molecule has 1 saturated heterocycles. The van der Waals surface area contributed by atoms with Crippen molar-refractivity contribution in [1.29, 1.82) is 0 Å². The van der Waals surface area contributed by atoms with Gasteiger partial charge in [0.05, 0.1) is 11.1 Å². The van der Waals surface area contributed by atoms with E-state index >= 15 is 0 Å². The zero-order valence-corrected chi connectivity index (χ0v) is 19.6. The Bertz CT molecular complexity index is 1370. The number of benzene rings is 2. The number of hydrogen-bond acceptors (Lipinski definition) is 5. The highest BCUT2D eigenvalue weighted by Crippen LogP contribution is 2.37. The van der Waals surface area contributed by atoms with E-state index in [4.69, 9.17) is 0 Å². The van der Waals surface area contributed by atoms with Crippen LogP contribution in [0, 0.1) is 0 Å². The van der Waals surface area contributed by atoms with Crippen LogP contribution in [0.25, 0.3) is 33.2 Å². The first-order chi connectivity index (χ1) is 16.0. The number of nitrogens with zero attached hydrogens (tertiary/aromatic N) is 5. The molecule has 6 nitrogen and oxygen atoms in total. The molecular weight excluding hydrogens is 441 g/mol. The molecule has 34 heavy (non-hydrogen) atoms. The molecule has 0 saturated carbocycles.